The maximum absolute atomic E-state index is 13.8. The van der Waals surface area contributed by atoms with E-state index in [2.05, 4.69) is 11.9 Å². The third kappa shape index (κ3) is 9.81. The molecule has 3 rings (SSSR count). The molecular formula is C34H46BrN3O7. The predicted molar refractivity (Wildman–Crippen MR) is 180 cm³/mol. The number of carboxylic acids is 1. The Morgan fingerprint density at radius 3 is 2.38 bits per heavy atom. The Labute approximate surface area is 276 Å². The number of carbonyl (C=O) groups excluding carboxylic acids is 2. The average Bonchev–Trinajstić information content (AvgIpc) is 3.27. The second kappa shape index (κ2) is 17.0. The van der Waals surface area contributed by atoms with Crippen LogP contribution in [-0.2, 0) is 16.8 Å². The first-order valence-electron chi connectivity index (χ1n) is 15.1. The molecule has 1 heterocycles. The molecule has 2 aromatic carbocycles. The van der Waals surface area contributed by atoms with Gasteiger partial charge in [-0.15, -0.1) is 23.6 Å². The van der Waals surface area contributed by atoms with Crippen LogP contribution in [0.15, 0.2) is 36.9 Å². The lowest BCUT2D eigenvalue weighted by atomic mass is 9.84. The van der Waals surface area contributed by atoms with Crippen LogP contribution in [0.2, 0.25) is 0 Å². The largest absolute Gasteiger partial charge is 0.493 e. The highest BCUT2D eigenvalue weighted by atomic mass is 79.9. The smallest absolute Gasteiger partial charge is 0.303 e. The van der Waals surface area contributed by atoms with Gasteiger partial charge in [-0.05, 0) is 67.9 Å². The van der Waals surface area contributed by atoms with Crippen LogP contribution in [0, 0.1) is 5.41 Å². The molecule has 3 N–H and O–H groups in total. The first kappa shape index (κ1) is 37.3. The number of carboxylic acid groups (broad SMARTS) is 1. The van der Waals surface area contributed by atoms with E-state index in [0.717, 1.165) is 24.0 Å². The number of amides is 1. The third-order valence-corrected chi connectivity index (χ3v) is 7.27. The fraction of sp³-hybridized carbons (Fsp3) is 0.471. The Morgan fingerprint density at radius 1 is 1.04 bits per heavy atom. The van der Waals surface area contributed by atoms with Crippen molar-refractivity contribution in [1.82, 2.24) is 10.2 Å². The van der Waals surface area contributed by atoms with E-state index in [1.54, 1.807) is 30.1 Å². The SMILES string of the molecule is Br.C=CCCCOc1cc(C(=O)CN2Cc3cc(OCC)c(C(=O)NC)cc3C2=N)cc(C(C)(C)C)c1OCCCCC(=O)O. The Bertz CT molecular complexity index is 1400. The lowest BCUT2D eigenvalue weighted by molar-refractivity contribution is -0.137. The zero-order valence-electron chi connectivity index (χ0n) is 26.9. The Hall–Kier alpha value is -3.86. The van der Waals surface area contributed by atoms with Gasteiger partial charge >= 0.3 is 5.97 Å². The minimum atomic E-state index is -0.842. The van der Waals surface area contributed by atoms with Gasteiger partial charge in [0.25, 0.3) is 5.91 Å². The summed E-state index contributed by atoms with van der Waals surface area (Å²) in [7, 11) is 1.54. The number of nitrogens with one attached hydrogen (secondary N) is 2. The van der Waals surface area contributed by atoms with E-state index < -0.39 is 11.4 Å². The maximum atomic E-state index is 13.8. The van der Waals surface area contributed by atoms with Crippen LogP contribution in [0.1, 0.15) is 97.2 Å². The Morgan fingerprint density at radius 2 is 1.76 bits per heavy atom. The quantitative estimate of drug-likeness (QED) is 0.0998. The summed E-state index contributed by atoms with van der Waals surface area (Å²) in [5.41, 5.74) is 2.60. The number of benzene rings is 2. The molecule has 0 radical (unpaired) electrons. The summed E-state index contributed by atoms with van der Waals surface area (Å²) in [5, 5.41) is 20.4. The number of unbranched alkanes of at least 4 members (excludes halogenated alkanes) is 2. The molecule has 2 aromatic rings. The van der Waals surface area contributed by atoms with Crippen LogP contribution in [0.4, 0.5) is 0 Å². The van der Waals surface area contributed by atoms with Gasteiger partial charge in [-0.3, -0.25) is 19.8 Å². The van der Waals surface area contributed by atoms with Gasteiger partial charge in [-0.1, -0.05) is 26.8 Å². The summed E-state index contributed by atoms with van der Waals surface area (Å²) in [6, 6.07) is 6.95. The molecule has 0 fully saturated rings. The van der Waals surface area contributed by atoms with E-state index in [1.807, 2.05) is 39.8 Å². The molecule has 0 atom stereocenters. The van der Waals surface area contributed by atoms with Crippen molar-refractivity contribution in [1.29, 1.82) is 5.41 Å². The van der Waals surface area contributed by atoms with Gasteiger partial charge in [0.15, 0.2) is 17.3 Å². The fourth-order valence-electron chi connectivity index (χ4n) is 4.95. The van der Waals surface area contributed by atoms with Crippen molar-refractivity contribution in [3.05, 3.63) is 64.7 Å². The van der Waals surface area contributed by atoms with Gasteiger partial charge in [-0.25, -0.2) is 0 Å². The number of halogens is 1. The van der Waals surface area contributed by atoms with Gasteiger partial charge in [0.05, 0.1) is 31.9 Å². The van der Waals surface area contributed by atoms with Crippen molar-refractivity contribution in [3.63, 3.8) is 0 Å². The minimum Gasteiger partial charge on any atom is -0.493 e. The molecule has 0 unspecified atom stereocenters. The second-order valence-electron chi connectivity index (χ2n) is 11.7. The summed E-state index contributed by atoms with van der Waals surface area (Å²) < 4.78 is 18.1. The van der Waals surface area contributed by atoms with Crippen LogP contribution in [0.25, 0.3) is 0 Å². The highest BCUT2D eigenvalue weighted by molar-refractivity contribution is 8.93. The molecule has 0 bridgehead atoms. The number of Topliss-reactive ketones (excluding diaryl/α,β-unsaturated/α-hetero) is 1. The number of nitrogens with zero attached hydrogens (tertiary/aromatic N) is 1. The Balaban J connectivity index is 0.00000705. The topological polar surface area (TPSA) is 138 Å². The summed E-state index contributed by atoms with van der Waals surface area (Å²) in [6.07, 6.45) is 4.48. The molecule has 0 aliphatic carbocycles. The summed E-state index contributed by atoms with van der Waals surface area (Å²) in [5.74, 6) is 0.281. The van der Waals surface area contributed by atoms with Gasteiger partial charge < -0.3 is 29.5 Å². The average molecular weight is 689 g/mol. The van der Waals surface area contributed by atoms with Gasteiger partial charge in [0.2, 0.25) is 0 Å². The minimum absolute atomic E-state index is 0. The molecule has 10 nitrogen and oxygen atoms in total. The summed E-state index contributed by atoms with van der Waals surface area (Å²) >= 11 is 0. The van der Waals surface area contributed by atoms with Crippen molar-refractivity contribution >= 4 is 40.5 Å². The molecule has 11 heteroatoms. The van der Waals surface area contributed by atoms with E-state index in [0.29, 0.717) is 73.1 Å². The standard InChI is InChI=1S/C34H45N3O7.BrH/c1-7-9-11-14-43-29-17-22(16-26(34(3,4)5)31(29)44-15-12-10-13-30(39)40)27(38)21-37-20-23-18-28(42-8-2)25(33(41)36-6)19-24(23)32(37)35;/h7,16-19,35H,1,8-15,20-21H2,2-6H3,(H,36,41)(H,39,40);1H. The lowest BCUT2D eigenvalue weighted by Gasteiger charge is -2.26. The van der Waals surface area contributed by atoms with Crippen LogP contribution in [-0.4, -0.2) is 66.9 Å². The number of carbonyl (C=O) groups is 3. The van der Waals surface area contributed by atoms with E-state index in [-0.39, 0.29) is 47.5 Å². The Kier molecular flexibility index (Phi) is 14.1. The highest BCUT2D eigenvalue weighted by Gasteiger charge is 2.31. The molecule has 246 valence electrons. The van der Waals surface area contributed by atoms with E-state index in [4.69, 9.17) is 24.7 Å². The maximum Gasteiger partial charge on any atom is 0.303 e. The zero-order chi connectivity index (χ0) is 32.4. The first-order valence-corrected chi connectivity index (χ1v) is 15.1. The van der Waals surface area contributed by atoms with Crippen molar-refractivity contribution in [3.8, 4) is 17.2 Å². The van der Waals surface area contributed by atoms with Gasteiger partial charge in [0.1, 0.15) is 11.6 Å². The number of hydrogen-bond donors (Lipinski definition) is 3. The molecule has 0 saturated carbocycles. The van der Waals surface area contributed by atoms with Crippen LogP contribution in [0.3, 0.4) is 0 Å². The molecule has 45 heavy (non-hydrogen) atoms. The monoisotopic (exact) mass is 687 g/mol. The van der Waals surface area contributed by atoms with E-state index in [9.17, 15) is 14.4 Å². The number of aliphatic carboxylic acids is 1. The molecule has 0 saturated heterocycles. The molecule has 0 aromatic heterocycles. The van der Waals surface area contributed by atoms with Gasteiger partial charge in [0, 0.05) is 36.7 Å². The zero-order valence-corrected chi connectivity index (χ0v) is 28.6. The number of hydrogen-bond acceptors (Lipinski definition) is 7. The summed E-state index contributed by atoms with van der Waals surface area (Å²) in [6.45, 7) is 13.1. The first-order chi connectivity index (χ1) is 20.9. The number of allylic oxidation sites excluding steroid dienone is 1. The van der Waals surface area contributed by atoms with Gasteiger partial charge in [-0.2, -0.15) is 0 Å². The highest BCUT2D eigenvalue weighted by Crippen LogP contribution is 2.41. The van der Waals surface area contributed by atoms with Crippen molar-refractivity contribution in [2.24, 2.45) is 0 Å². The molecule has 1 amide bonds. The number of rotatable bonds is 17. The number of amidine groups is 1. The second-order valence-corrected chi connectivity index (χ2v) is 11.7. The van der Waals surface area contributed by atoms with Crippen LogP contribution >= 0.6 is 17.0 Å². The predicted octanol–water partition coefficient (Wildman–Crippen LogP) is 6.32. The van der Waals surface area contributed by atoms with Crippen LogP contribution < -0.4 is 19.5 Å². The molecular weight excluding hydrogens is 642 g/mol. The third-order valence-electron chi connectivity index (χ3n) is 7.27. The van der Waals surface area contributed by atoms with Crippen LogP contribution in [0.5, 0.6) is 17.2 Å². The van der Waals surface area contributed by atoms with E-state index >= 15 is 0 Å². The van der Waals surface area contributed by atoms with E-state index in [1.165, 1.54) is 0 Å². The normalized spacial score (nSPS) is 12.2. The molecule has 1 aliphatic heterocycles. The fourth-order valence-corrected chi connectivity index (χ4v) is 4.95. The molecule has 0 spiro atoms. The van der Waals surface area contributed by atoms with Crippen molar-refractivity contribution in [2.45, 2.75) is 71.8 Å². The summed E-state index contributed by atoms with van der Waals surface area (Å²) in [4.78, 5) is 38.9. The number of fused-ring (bicyclic) bond motifs is 1. The number of ketones is 1. The van der Waals surface area contributed by atoms with Crippen molar-refractivity contribution < 1.29 is 33.7 Å². The van der Waals surface area contributed by atoms with Crippen molar-refractivity contribution in [2.75, 3.05) is 33.4 Å². The lowest BCUT2D eigenvalue weighted by Crippen LogP contribution is -2.30. The number of ether oxygens (including phenoxy) is 3. The molecule has 1 aliphatic rings.